The SMILES string of the molecule is N#CCN(CC#N)c1ccc(C(=O)O)o1. The molecule has 0 saturated carbocycles. The molecule has 0 spiro atoms. The quantitative estimate of drug-likeness (QED) is 0.730. The predicted molar refractivity (Wildman–Crippen MR) is 49.1 cm³/mol. The molecule has 6 heteroatoms. The Morgan fingerprint density at radius 2 is 2.00 bits per heavy atom. The number of anilines is 1. The molecule has 0 radical (unpaired) electrons. The van der Waals surface area contributed by atoms with Gasteiger partial charge in [-0.05, 0) is 6.07 Å². The average Bonchev–Trinajstić information content (AvgIpc) is 2.66. The first-order valence-corrected chi connectivity index (χ1v) is 4.01. The number of rotatable bonds is 4. The highest BCUT2D eigenvalue weighted by Crippen LogP contribution is 2.17. The normalized spacial score (nSPS) is 8.93. The van der Waals surface area contributed by atoms with Gasteiger partial charge in [0.15, 0.2) is 5.88 Å². The standard InChI is InChI=1S/C9H7N3O3/c10-3-5-12(6-4-11)8-2-1-7(15-8)9(13)14/h1-2H,5-6H2,(H,13,14). The van der Waals surface area contributed by atoms with E-state index in [1.165, 1.54) is 17.0 Å². The van der Waals surface area contributed by atoms with Crippen LogP contribution in [0.5, 0.6) is 0 Å². The summed E-state index contributed by atoms with van der Waals surface area (Å²) < 4.78 is 4.94. The first kappa shape index (κ1) is 10.6. The summed E-state index contributed by atoms with van der Waals surface area (Å²) >= 11 is 0. The molecule has 76 valence electrons. The van der Waals surface area contributed by atoms with Crippen LogP contribution in [-0.4, -0.2) is 24.2 Å². The molecule has 1 heterocycles. The van der Waals surface area contributed by atoms with Crippen molar-refractivity contribution in [1.29, 1.82) is 10.5 Å². The smallest absolute Gasteiger partial charge is 0.371 e. The lowest BCUT2D eigenvalue weighted by Crippen LogP contribution is -2.23. The highest BCUT2D eigenvalue weighted by Gasteiger charge is 2.13. The van der Waals surface area contributed by atoms with Crippen LogP contribution in [0.4, 0.5) is 5.88 Å². The number of carboxylic acids is 1. The van der Waals surface area contributed by atoms with Crippen LogP contribution in [0.3, 0.4) is 0 Å². The maximum Gasteiger partial charge on any atom is 0.371 e. The van der Waals surface area contributed by atoms with Crippen molar-refractivity contribution >= 4 is 11.9 Å². The van der Waals surface area contributed by atoms with E-state index in [2.05, 4.69) is 0 Å². The molecule has 0 aromatic carbocycles. The molecule has 0 aliphatic rings. The molecular formula is C9H7N3O3. The number of hydrogen-bond acceptors (Lipinski definition) is 5. The van der Waals surface area contributed by atoms with Gasteiger partial charge in [0.05, 0.1) is 12.1 Å². The molecule has 0 saturated heterocycles. The fourth-order valence-electron chi connectivity index (χ4n) is 0.995. The second kappa shape index (κ2) is 4.68. The van der Waals surface area contributed by atoms with Gasteiger partial charge < -0.3 is 14.4 Å². The lowest BCUT2D eigenvalue weighted by molar-refractivity contribution is 0.0663. The first-order chi connectivity index (χ1) is 7.19. The molecule has 1 rings (SSSR count). The Bertz CT molecular complexity index is 422. The number of furan rings is 1. The van der Waals surface area contributed by atoms with Gasteiger partial charge in [0, 0.05) is 6.07 Å². The van der Waals surface area contributed by atoms with Gasteiger partial charge in [-0.15, -0.1) is 0 Å². The monoisotopic (exact) mass is 205 g/mol. The molecule has 0 amide bonds. The van der Waals surface area contributed by atoms with Gasteiger partial charge in [0.1, 0.15) is 13.1 Å². The Morgan fingerprint density at radius 1 is 1.40 bits per heavy atom. The molecule has 0 unspecified atom stereocenters. The molecule has 0 aliphatic heterocycles. The molecular weight excluding hydrogens is 198 g/mol. The van der Waals surface area contributed by atoms with Crippen molar-refractivity contribution in [3.63, 3.8) is 0 Å². The zero-order valence-electron chi connectivity index (χ0n) is 7.67. The van der Waals surface area contributed by atoms with E-state index in [0.717, 1.165) is 0 Å². The van der Waals surface area contributed by atoms with Gasteiger partial charge in [0.25, 0.3) is 0 Å². The van der Waals surface area contributed by atoms with E-state index in [1.807, 2.05) is 12.1 Å². The molecule has 6 nitrogen and oxygen atoms in total. The highest BCUT2D eigenvalue weighted by molar-refractivity contribution is 5.84. The largest absolute Gasteiger partial charge is 0.475 e. The van der Waals surface area contributed by atoms with E-state index in [1.54, 1.807) is 0 Å². The Hall–Kier alpha value is -2.47. The van der Waals surface area contributed by atoms with Crippen molar-refractivity contribution in [1.82, 2.24) is 0 Å². The summed E-state index contributed by atoms with van der Waals surface area (Å²) in [4.78, 5) is 11.9. The van der Waals surface area contributed by atoms with E-state index in [9.17, 15) is 4.79 Å². The van der Waals surface area contributed by atoms with Crippen LogP contribution < -0.4 is 4.90 Å². The number of carbonyl (C=O) groups is 1. The van der Waals surface area contributed by atoms with Crippen LogP contribution in [0, 0.1) is 22.7 Å². The topological polar surface area (TPSA) is 101 Å². The number of nitriles is 2. The molecule has 1 aromatic heterocycles. The van der Waals surface area contributed by atoms with Crippen LogP contribution >= 0.6 is 0 Å². The zero-order chi connectivity index (χ0) is 11.3. The Labute approximate surface area is 85.6 Å². The van der Waals surface area contributed by atoms with Crippen LogP contribution in [0.2, 0.25) is 0 Å². The molecule has 1 N–H and O–H groups in total. The fourth-order valence-corrected chi connectivity index (χ4v) is 0.995. The van der Waals surface area contributed by atoms with Crippen molar-refractivity contribution in [2.45, 2.75) is 0 Å². The van der Waals surface area contributed by atoms with Crippen molar-refractivity contribution in [2.75, 3.05) is 18.0 Å². The lowest BCUT2D eigenvalue weighted by atomic mass is 10.4. The van der Waals surface area contributed by atoms with E-state index in [4.69, 9.17) is 20.0 Å². The minimum atomic E-state index is -1.19. The van der Waals surface area contributed by atoms with Gasteiger partial charge in [0.2, 0.25) is 5.76 Å². The van der Waals surface area contributed by atoms with Crippen LogP contribution in [0.1, 0.15) is 10.6 Å². The maximum atomic E-state index is 10.5. The maximum absolute atomic E-state index is 10.5. The van der Waals surface area contributed by atoms with Gasteiger partial charge in [-0.25, -0.2) is 4.79 Å². The summed E-state index contributed by atoms with van der Waals surface area (Å²) in [6.07, 6.45) is 0. The van der Waals surface area contributed by atoms with E-state index in [-0.39, 0.29) is 24.7 Å². The second-order valence-electron chi connectivity index (χ2n) is 2.62. The minimum absolute atomic E-state index is 0.0276. The van der Waals surface area contributed by atoms with Crippen molar-refractivity contribution in [2.24, 2.45) is 0 Å². The zero-order valence-corrected chi connectivity index (χ0v) is 7.67. The summed E-state index contributed by atoms with van der Waals surface area (Å²) in [7, 11) is 0. The number of carboxylic acid groups (broad SMARTS) is 1. The van der Waals surface area contributed by atoms with Gasteiger partial charge in [-0.1, -0.05) is 0 Å². The van der Waals surface area contributed by atoms with E-state index >= 15 is 0 Å². The molecule has 0 aliphatic carbocycles. The Balaban J connectivity index is 2.88. The van der Waals surface area contributed by atoms with Gasteiger partial charge >= 0.3 is 5.97 Å². The van der Waals surface area contributed by atoms with E-state index < -0.39 is 5.97 Å². The number of hydrogen-bond donors (Lipinski definition) is 1. The fraction of sp³-hybridized carbons (Fsp3) is 0.222. The number of nitrogens with zero attached hydrogens (tertiary/aromatic N) is 3. The Morgan fingerprint density at radius 3 is 2.40 bits per heavy atom. The summed E-state index contributed by atoms with van der Waals surface area (Å²) in [6, 6.07) is 6.41. The van der Waals surface area contributed by atoms with Crippen molar-refractivity contribution in [3.05, 3.63) is 17.9 Å². The second-order valence-corrected chi connectivity index (χ2v) is 2.62. The van der Waals surface area contributed by atoms with E-state index in [0.29, 0.717) is 0 Å². The van der Waals surface area contributed by atoms with Gasteiger partial charge in [-0.3, -0.25) is 0 Å². The van der Waals surface area contributed by atoms with Gasteiger partial charge in [-0.2, -0.15) is 10.5 Å². The summed E-state index contributed by atoms with van der Waals surface area (Å²) in [5.41, 5.74) is 0. The third kappa shape index (κ3) is 2.48. The van der Waals surface area contributed by atoms with Crippen LogP contribution in [-0.2, 0) is 0 Å². The van der Waals surface area contributed by atoms with Crippen LogP contribution in [0.15, 0.2) is 16.5 Å². The number of aromatic carboxylic acids is 1. The highest BCUT2D eigenvalue weighted by atomic mass is 16.4. The predicted octanol–water partition coefficient (Wildman–Crippen LogP) is 0.831. The van der Waals surface area contributed by atoms with Crippen molar-refractivity contribution < 1.29 is 14.3 Å². The third-order valence-corrected chi connectivity index (χ3v) is 1.64. The Kier molecular flexibility index (Phi) is 3.31. The summed E-state index contributed by atoms with van der Waals surface area (Å²) in [5, 5.41) is 25.6. The summed E-state index contributed by atoms with van der Waals surface area (Å²) in [5.74, 6) is -1.20. The first-order valence-electron chi connectivity index (χ1n) is 4.01. The third-order valence-electron chi connectivity index (χ3n) is 1.64. The lowest BCUT2D eigenvalue weighted by Gasteiger charge is -2.13. The summed E-state index contributed by atoms with van der Waals surface area (Å²) in [6.45, 7) is -0.0553. The molecule has 1 aromatic rings. The van der Waals surface area contributed by atoms with Crippen molar-refractivity contribution in [3.8, 4) is 12.1 Å². The molecule has 0 atom stereocenters. The minimum Gasteiger partial charge on any atom is -0.475 e. The average molecular weight is 205 g/mol. The molecule has 15 heavy (non-hydrogen) atoms. The molecule has 0 fully saturated rings. The van der Waals surface area contributed by atoms with Crippen LogP contribution in [0.25, 0.3) is 0 Å². The molecule has 0 bridgehead atoms.